The van der Waals surface area contributed by atoms with Gasteiger partial charge in [0.1, 0.15) is 23.7 Å². The van der Waals surface area contributed by atoms with E-state index in [9.17, 15) is 4.79 Å². The molecule has 0 atom stereocenters. The number of imidazole rings is 1. The first-order valence-electron chi connectivity index (χ1n) is 15.5. The van der Waals surface area contributed by atoms with E-state index in [1.807, 2.05) is 52.1 Å². The Hall–Kier alpha value is -3.83. The summed E-state index contributed by atoms with van der Waals surface area (Å²) in [4.78, 5) is 29.3. The van der Waals surface area contributed by atoms with E-state index in [4.69, 9.17) is 29.5 Å². The molecular weight excluding hydrogens is 570 g/mol. The van der Waals surface area contributed by atoms with E-state index in [0.717, 1.165) is 76.5 Å². The molecule has 0 bridgehead atoms. The number of rotatable bonds is 8. The van der Waals surface area contributed by atoms with Crippen molar-refractivity contribution < 1.29 is 14.3 Å². The summed E-state index contributed by atoms with van der Waals surface area (Å²) in [6, 6.07) is 11.3. The Bertz CT molecular complexity index is 1700. The minimum absolute atomic E-state index is 0.337. The van der Waals surface area contributed by atoms with Crippen LogP contribution in [-0.4, -0.2) is 60.6 Å². The Morgan fingerprint density at radius 2 is 1.86 bits per heavy atom. The normalized spacial score (nSPS) is 14.7. The first-order chi connectivity index (χ1) is 20.9. The van der Waals surface area contributed by atoms with Gasteiger partial charge in [-0.3, -0.25) is 19.5 Å². The van der Waals surface area contributed by atoms with Crippen LogP contribution < -0.4 is 0 Å². The summed E-state index contributed by atoms with van der Waals surface area (Å²) in [7, 11) is -1.25. The fourth-order valence-electron chi connectivity index (χ4n) is 5.78. The van der Waals surface area contributed by atoms with E-state index in [-0.39, 0.29) is 6.09 Å². The number of hydrogen-bond acceptors (Lipinski definition) is 7. The highest BCUT2D eigenvalue weighted by Gasteiger charge is 2.33. The highest BCUT2D eigenvalue weighted by molar-refractivity contribution is 6.76. The Labute approximate surface area is 260 Å². The molecule has 0 radical (unpaired) electrons. The van der Waals surface area contributed by atoms with Crippen molar-refractivity contribution in [3.05, 3.63) is 59.3 Å². The number of nitrogens with zero attached hydrogens (tertiary/aromatic N) is 7. The molecule has 0 aromatic carbocycles. The van der Waals surface area contributed by atoms with E-state index < -0.39 is 13.7 Å². The lowest BCUT2D eigenvalue weighted by Crippen LogP contribution is -2.34. The van der Waals surface area contributed by atoms with Gasteiger partial charge in [0.25, 0.3) is 0 Å². The molecule has 10 nitrogen and oxygen atoms in total. The largest absolute Gasteiger partial charge is 0.444 e. The third kappa shape index (κ3) is 6.34. The van der Waals surface area contributed by atoms with Gasteiger partial charge in [-0.15, -0.1) is 0 Å². The predicted molar refractivity (Wildman–Crippen MR) is 173 cm³/mol. The minimum Gasteiger partial charge on any atom is -0.444 e. The van der Waals surface area contributed by atoms with Gasteiger partial charge in [0.05, 0.1) is 30.2 Å². The average molecular weight is 614 g/mol. The molecule has 11 heteroatoms. The standard InChI is InChI=1S/C33H43N7O3Si/c1-22-10-8-11-24(35-22)30-29(27-12-9-15-40(27)37-30)23-13-14-34-25(18-23)31-36-26-19-38(32(41)43-33(2,3)4)20-28(26)39(31)21-42-16-17-44(5,6)7/h8,10-11,13-14,18H,9,12,15-17,19-21H2,1-7H3. The van der Waals surface area contributed by atoms with Crippen molar-refractivity contribution in [2.24, 2.45) is 0 Å². The summed E-state index contributed by atoms with van der Waals surface area (Å²) >= 11 is 0. The summed E-state index contributed by atoms with van der Waals surface area (Å²) < 4.78 is 16.1. The summed E-state index contributed by atoms with van der Waals surface area (Å²) in [5, 5.41) is 5.01. The number of ether oxygens (including phenoxy) is 2. The van der Waals surface area contributed by atoms with Crippen LogP contribution in [0.5, 0.6) is 0 Å². The molecule has 232 valence electrons. The van der Waals surface area contributed by atoms with Gasteiger partial charge in [0.15, 0.2) is 5.82 Å². The van der Waals surface area contributed by atoms with Gasteiger partial charge in [0, 0.05) is 44.4 Å². The molecule has 0 spiro atoms. The van der Waals surface area contributed by atoms with Crippen LogP contribution in [0.3, 0.4) is 0 Å². The van der Waals surface area contributed by atoms with Crippen LogP contribution in [0.4, 0.5) is 4.79 Å². The van der Waals surface area contributed by atoms with Crippen LogP contribution in [0.25, 0.3) is 34.0 Å². The van der Waals surface area contributed by atoms with Gasteiger partial charge in [-0.1, -0.05) is 25.7 Å². The molecule has 1 amide bonds. The first-order valence-corrected chi connectivity index (χ1v) is 19.2. The highest BCUT2D eigenvalue weighted by atomic mass is 28.3. The van der Waals surface area contributed by atoms with Crippen LogP contribution in [-0.2, 0) is 42.3 Å². The van der Waals surface area contributed by atoms with Crippen molar-refractivity contribution in [2.45, 2.75) is 98.2 Å². The van der Waals surface area contributed by atoms with Crippen molar-refractivity contribution in [3.8, 4) is 34.0 Å². The molecule has 0 fully saturated rings. The van der Waals surface area contributed by atoms with Crippen molar-refractivity contribution in [1.82, 2.24) is 34.2 Å². The van der Waals surface area contributed by atoms with Gasteiger partial charge in [0.2, 0.25) is 0 Å². The number of hydrogen-bond donors (Lipinski definition) is 0. The zero-order valence-corrected chi connectivity index (χ0v) is 28.0. The quantitative estimate of drug-likeness (QED) is 0.161. The Kier molecular flexibility index (Phi) is 7.96. The Balaban J connectivity index is 1.37. The molecule has 4 aromatic heterocycles. The number of aryl methyl sites for hydroxylation is 2. The molecule has 0 unspecified atom stereocenters. The molecule has 4 aromatic rings. The average Bonchev–Trinajstić information content (AvgIpc) is 3.70. The van der Waals surface area contributed by atoms with Crippen LogP contribution in [0, 0.1) is 6.92 Å². The topological polar surface area (TPSA) is 100 Å². The van der Waals surface area contributed by atoms with Gasteiger partial charge in [-0.25, -0.2) is 9.78 Å². The van der Waals surface area contributed by atoms with Crippen LogP contribution in [0.15, 0.2) is 36.5 Å². The lowest BCUT2D eigenvalue weighted by molar-refractivity contribution is 0.0232. The molecular formula is C33H43N7O3Si. The van der Waals surface area contributed by atoms with Crippen LogP contribution >= 0.6 is 0 Å². The second-order valence-corrected chi connectivity index (χ2v) is 19.7. The fraction of sp³-hybridized carbons (Fsp3) is 0.485. The first kappa shape index (κ1) is 30.2. The third-order valence-corrected chi connectivity index (χ3v) is 9.66. The molecule has 0 saturated heterocycles. The van der Waals surface area contributed by atoms with Crippen molar-refractivity contribution >= 4 is 14.2 Å². The molecule has 6 heterocycles. The number of carbonyl (C=O) groups is 1. The Morgan fingerprint density at radius 1 is 1.05 bits per heavy atom. The van der Waals surface area contributed by atoms with E-state index in [1.165, 1.54) is 5.69 Å². The maximum Gasteiger partial charge on any atom is 0.410 e. The number of pyridine rings is 2. The maximum atomic E-state index is 12.9. The lowest BCUT2D eigenvalue weighted by atomic mass is 10.00. The molecule has 44 heavy (non-hydrogen) atoms. The van der Waals surface area contributed by atoms with Gasteiger partial charge < -0.3 is 14.0 Å². The van der Waals surface area contributed by atoms with E-state index in [2.05, 4.69) is 41.0 Å². The Morgan fingerprint density at radius 3 is 2.61 bits per heavy atom. The summed E-state index contributed by atoms with van der Waals surface area (Å²) in [5.74, 6) is 0.743. The molecule has 2 aliphatic rings. The fourth-order valence-corrected chi connectivity index (χ4v) is 6.54. The summed E-state index contributed by atoms with van der Waals surface area (Å²) in [6.07, 6.45) is 3.56. The maximum absolute atomic E-state index is 12.9. The zero-order valence-electron chi connectivity index (χ0n) is 27.0. The second-order valence-electron chi connectivity index (χ2n) is 14.0. The van der Waals surface area contributed by atoms with Gasteiger partial charge in [-0.2, -0.15) is 5.10 Å². The number of amides is 1. The van der Waals surface area contributed by atoms with E-state index in [1.54, 1.807) is 4.90 Å². The molecule has 6 rings (SSSR count). The van der Waals surface area contributed by atoms with Crippen molar-refractivity contribution in [3.63, 3.8) is 0 Å². The summed E-state index contributed by atoms with van der Waals surface area (Å²) in [6.45, 7) is 17.4. The zero-order chi connectivity index (χ0) is 31.2. The smallest absolute Gasteiger partial charge is 0.410 e. The van der Waals surface area contributed by atoms with Crippen molar-refractivity contribution in [1.29, 1.82) is 0 Å². The molecule has 0 saturated carbocycles. The monoisotopic (exact) mass is 613 g/mol. The lowest BCUT2D eigenvalue weighted by Gasteiger charge is -2.24. The van der Waals surface area contributed by atoms with Crippen LogP contribution in [0.2, 0.25) is 25.7 Å². The van der Waals surface area contributed by atoms with E-state index in [0.29, 0.717) is 26.4 Å². The highest BCUT2D eigenvalue weighted by Crippen LogP contribution is 2.38. The molecule has 0 N–H and O–H groups in total. The SMILES string of the molecule is Cc1cccc(-c2nn3c(c2-c2ccnc(-c4nc5c(n4COCC[Si](C)(C)C)CN(C(=O)OC(C)(C)C)C5)c2)CCC3)n1. The number of carbonyl (C=O) groups excluding carboxylic acids is 1. The number of fused-ring (bicyclic) bond motifs is 2. The van der Waals surface area contributed by atoms with Crippen molar-refractivity contribution in [2.75, 3.05) is 6.61 Å². The number of aromatic nitrogens is 6. The molecule has 2 aliphatic heterocycles. The molecule has 0 aliphatic carbocycles. The minimum atomic E-state index is -1.25. The van der Waals surface area contributed by atoms with Gasteiger partial charge in [-0.05, 0) is 76.4 Å². The van der Waals surface area contributed by atoms with E-state index >= 15 is 0 Å². The predicted octanol–water partition coefficient (Wildman–Crippen LogP) is 6.69. The summed E-state index contributed by atoms with van der Waals surface area (Å²) in [5.41, 5.74) is 8.12. The third-order valence-electron chi connectivity index (χ3n) is 7.96. The van der Waals surface area contributed by atoms with Crippen LogP contribution in [0.1, 0.15) is 50.0 Å². The second kappa shape index (κ2) is 11.6. The van der Waals surface area contributed by atoms with Gasteiger partial charge >= 0.3 is 6.09 Å².